The molecule has 4 heterocycles. The lowest BCUT2D eigenvalue weighted by molar-refractivity contribution is -0.297. The molecule has 15 nitrogen and oxygen atoms in total. The Balaban J connectivity index is 1.65. The number of rotatable bonds is 11. The molecule has 1 aromatic heterocycles. The summed E-state index contributed by atoms with van der Waals surface area (Å²) in [4.78, 5) is 39.9. The van der Waals surface area contributed by atoms with Crippen LogP contribution in [0.3, 0.4) is 0 Å². The molecule has 348 valence electrons. The Morgan fingerprint density at radius 1 is 1.11 bits per heavy atom. The summed E-state index contributed by atoms with van der Waals surface area (Å²) >= 11 is 0. The zero-order chi connectivity index (χ0) is 46.0. The van der Waals surface area contributed by atoms with E-state index in [0.717, 1.165) is 5.69 Å². The van der Waals surface area contributed by atoms with Gasteiger partial charge in [-0.25, -0.2) is 9.67 Å². The van der Waals surface area contributed by atoms with Crippen molar-refractivity contribution in [2.45, 2.75) is 155 Å². The minimum absolute atomic E-state index is 0.00428. The molecule has 1 aromatic carbocycles. The number of aliphatic imine (C=N–C) groups is 1. The molecule has 3 aliphatic heterocycles. The molecule has 2 bridgehead atoms. The lowest BCUT2D eigenvalue weighted by Gasteiger charge is -2.47. The number of aliphatic hydroxyl groups excluding tert-OH is 1. The van der Waals surface area contributed by atoms with E-state index in [1.165, 1.54) is 6.92 Å². The molecule has 63 heavy (non-hydrogen) atoms. The highest BCUT2D eigenvalue weighted by Crippen LogP contribution is 2.40. The monoisotopic (exact) mass is 878 g/mol. The first-order valence-electron chi connectivity index (χ1n) is 22.7. The molecular weight excluding hydrogens is 807 g/mol. The SMILES string of the molecule is C#CCCN(C)C1C[C@@H](C)O[C@@H](O[C@@H]2[C@@H](C)[C@H](O)[C@@H](C)C(=O)OC(CC)[C@@](C)(O)C3CC/C(=N\Oc4ccc(-n5cccn5)cc4)CO[C@@H]2C[C@@H](C)C(=NC(C)=O)[C@@H]3C)[C@@H]1OCC. The van der Waals surface area contributed by atoms with Crippen LogP contribution in [0.1, 0.15) is 101 Å². The number of esters is 1. The maximum absolute atomic E-state index is 14.1. The largest absolute Gasteiger partial charge is 0.459 e. The number of hydrogen-bond acceptors (Lipinski definition) is 13. The van der Waals surface area contributed by atoms with Crippen LogP contribution in [0, 0.1) is 41.9 Å². The van der Waals surface area contributed by atoms with Crippen LogP contribution in [0.4, 0.5) is 0 Å². The molecule has 3 aliphatic rings. The van der Waals surface area contributed by atoms with Crippen LogP contribution in [0.15, 0.2) is 52.9 Å². The first-order chi connectivity index (χ1) is 30.0. The number of nitrogens with zero attached hydrogens (tertiary/aromatic N) is 5. The van der Waals surface area contributed by atoms with Gasteiger partial charge in [0, 0.05) is 62.5 Å². The van der Waals surface area contributed by atoms with E-state index in [-0.39, 0.29) is 37.0 Å². The fourth-order valence-electron chi connectivity index (χ4n) is 9.67. The highest BCUT2D eigenvalue weighted by atomic mass is 16.7. The summed E-state index contributed by atoms with van der Waals surface area (Å²) in [6.45, 7) is 17.3. The molecule has 2 aromatic rings. The number of benzene rings is 1. The minimum atomic E-state index is -1.59. The summed E-state index contributed by atoms with van der Waals surface area (Å²) in [7, 11) is 2.02. The summed E-state index contributed by atoms with van der Waals surface area (Å²) in [5.41, 5.74) is 0.391. The number of carbonyl (C=O) groups excluding carboxylic acids is 2. The zero-order valence-corrected chi connectivity index (χ0v) is 38.9. The number of amides is 1. The van der Waals surface area contributed by atoms with Gasteiger partial charge >= 0.3 is 5.97 Å². The standard InChI is InChI=1S/C48H71N5O10/c1-12-15-24-52(11)39-27-30(5)60-47(45(39)58-14-3)62-44-32(7)43(55)33(8)46(56)61-41(13-2)48(10,57)38-22-17-35(28-59-40(44)26-29(4)42(31(38)6)50-34(9)54)51-63-37-20-18-36(19-21-37)53-25-16-23-49-53/h1,16,18-21,23,25,29-33,38-41,43-45,47,55,57H,13-15,17,22,24,26-28H2,2-11H3/b50-42?,51-35+/t29-,30-,31-,32+,33-,38?,39?,40-,41?,43+,44-,45-,47+,48+/m1/s1. The molecule has 2 N–H and O–H groups in total. The smallest absolute Gasteiger partial charge is 0.311 e. The third-order valence-corrected chi connectivity index (χ3v) is 13.3. The van der Waals surface area contributed by atoms with Gasteiger partial charge in [0.25, 0.3) is 0 Å². The Labute approximate surface area is 373 Å². The van der Waals surface area contributed by atoms with E-state index in [0.29, 0.717) is 62.4 Å². The van der Waals surface area contributed by atoms with Gasteiger partial charge in [0.1, 0.15) is 17.8 Å². The lowest BCUT2D eigenvalue weighted by Crippen LogP contribution is -2.59. The van der Waals surface area contributed by atoms with Crippen LogP contribution in [-0.2, 0) is 33.3 Å². The van der Waals surface area contributed by atoms with Gasteiger partial charge in [-0.05, 0) is 109 Å². The average Bonchev–Trinajstić information content (AvgIpc) is 3.80. The number of cyclic esters (lactones) is 1. The van der Waals surface area contributed by atoms with Gasteiger partial charge in [-0.1, -0.05) is 32.9 Å². The van der Waals surface area contributed by atoms with Crippen LogP contribution in [0.5, 0.6) is 5.75 Å². The van der Waals surface area contributed by atoms with Crippen molar-refractivity contribution in [2.24, 2.45) is 39.7 Å². The van der Waals surface area contributed by atoms with E-state index in [2.05, 4.69) is 26.1 Å². The maximum atomic E-state index is 14.1. The molecular formula is C48H71N5O10. The molecule has 15 heteroatoms. The van der Waals surface area contributed by atoms with Gasteiger partial charge in [0.05, 0.1) is 48.3 Å². The molecule has 0 radical (unpaired) electrons. The maximum Gasteiger partial charge on any atom is 0.311 e. The lowest BCUT2D eigenvalue weighted by atomic mass is 9.69. The van der Waals surface area contributed by atoms with Gasteiger partial charge in [0.15, 0.2) is 12.0 Å². The summed E-state index contributed by atoms with van der Waals surface area (Å²) < 4.78 is 35.0. The molecule has 0 aliphatic carbocycles. The fourth-order valence-corrected chi connectivity index (χ4v) is 9.67. The molecule has 5 rings (SSSR count). The Morgan fingerprint density at radius 3 is 2.48 bits per heavy atom. The number of ether oxygens (including phenoxy) is 5. The molecule has 3 unspecified atom stereocenters. The molecule has 1 amide bonds. The van der Waals surface area contributed by atoms with Crippen molar-refractivity contribution in [1.82, 2.24) is 14.7 Å². The van der Waals surface area contributed by atoms with Crippen molar-refractivity contribution in [3.05, 3.63) is 42.7 Å². The molecule has 14 atom stereocenters. The van der Waals surface area contributed by atoms with E-state index < -0.39 is 72.1 Å². The highest BCUT2D eigenvalue weighted by Gasteiger charge is 2.50. The van der Waals surface area contributed by atoms with Crippen LogP contribution in [0.2, 0.25) is 0 Å². The number of aliphatic hydroxyl groups is 2. The Morgan fingerprint density at radius 2 is 1.84 bits per heavy atom. The summed E-state index contributed by atoms with van der Waals surface area (Å²) in [5, 5.41) is 33.8. The van der Waals surface area contributed by atoms with Gasteiger partial charge < -0.3 is 38.7 Å². The number of terminal acetylenes is 1. The number of hydrogen-bond donors (Lipinski definition) is 2. The zero-order valence-electron chi connectivity index (χ0n) is 38.9. The Hall–Kier alpha value is -4.01. The molecule has 0 saturated carbocycles. The number of aromatic nitrogens is 2. The summed E-state index contributed by atoms with van der Waals surface area (Å²) in [6, 6.07) is 9.10. The van der Waals surface area contributed by atoms with E-state index in [4.69, 9.17) is 34.9 Å². The Bertz CT molecular complexity index is 1880. The predicted octanol–water partition coefficient (Wildman–Crippen LogP) is 6.02. The number of carbonyl (C=O) groups is 2. The van der Waals surface area contributed by atoms with Gasteiger partial charge in [-0.15, -0.1) is 12.3 Å². The second-order valence-electron chi connectivity index (χ2n) is 17.9. The number of oxime groups is 1. The summed E-state index contributed by atoms with van der Waals surface area (Å²) in [6.07, 6.45) is 6.13. The van der Waals surface area contributed by atoms with E-state index in [1.807, 2.05) is 73.0 Å². The van der Waals surface area contributed by atoms with Crippen molar-refractivity contribution < 1.29 is 48.3 Å². The number of likely N-dealkylation sites (N-methyl/N-ethyl adjacent to an activating group) is 1. The molecule has 3 saturated heterocycles. The van der Waals surface area contributed by atoms with Crippen molar-refractivity contribution >= 4 is 23.3 Å². The summed E-state index contributed by atoms with van der Waals surface area (Å²) in [5.74, 6) is -0.962. The number of fused-ring (bicyclic) bond motifs is 5. The average molecular weight is 878 g/mol. The van der Waals surface area contributed by atoms with E-state index >= 15 is 0 Å². The van der Waals surface area contributed by atoms with Crippen molar-refractivity contribution in [2.75, 3.05) is 26.8 Å². The van der Waals surface area contributed by atoms with E-state index in [1.54, 1.807) is 36.9 Å². The van der Waals surface area contributed by atoms with Crippen LogP contribution in [0.25, 0.3) is 5.69 Å². The first-order valence-corrected chi connectivity index (χ1v) is 22.7. The highest BCUT2D eigenvalue weighted by molar-refractivity contribution is 5.97. The second-order valence-corrected chi connectivity index (χ2v) is 17.9. The first kappa shape index (κ1) is 50.0. The normalized spacial score (nSPS) is 36.2. The van der Waals surface area contributed by atoms with Crippen LogP contribution in [-0.4, -0.2) is 130 Å². The third-order valence-electron chi connectivity index (χ3n) is 13.3. The second kappa shape index (κ2) is 22.7. The Kier molecular flexibility index (Phi) is 18.1. The van der Waals surface area contributed by atoms with Gasteiger partial charge in [0.2, 0.25) is 5.91 Å². The van der Waals surface area contributed by atoms with Crippen molar-refractivity contribution in [1.29, 1.82) is 0 Å². The van der Waals surface area contributed by atoms with E-state index in [9.17, 15) is 19.8 Å². The van der Waals surface area contributed by atoms with Crippen molar-refractivity contribution in [3.8, 4) is 23.8 Å². The minimum Gasteiger partial charge on any atom is -0.459 e. The molecule has 3 fully saturated rings. The fraction of sp³-hybridized carbons (Fsp3) is 0.688. The predicted molar refractivity (Wildman–Crippen MR) is 239 cm³/mol. The topological polar surface area (TPSA) is 176 Å². The van der Waals surface area contributed by atoms with Crippen LogP contribution < -0.4 is 4.84 Å². The van der Waals surface area contributed by atoms with Crippen LogP contribution >= 0.6 is 0 Å². The van der Waals surface area contributed by atoms with Gasteiger partial charge in [-0.2, -0.15) is 5.10 Å². The third kappa shape index (κ3) is 12.4. The molecule has 0 spiro atoms. The van der Waals surface area contributed by atoms with Crippen molar-refractivity contribution in [3.63, 3.8) is 0 Å². The quantitative estimate of drug-likeness (QED) is 0.153. The van der Waals surface area contributed by atoms with Gasteiger partial charge in [-0.3, -0.25) is 14.5 Å².